The van der Waals surface area contributed by atoms with Crippen molar-refractivity contribution in [2.45, 2.75) is 13.5 Å². The first-order valence-corrected chi connectivity index (χ1v) is 6.50. The summed E-state index contributed by atoms with van der Waals surface area (Å²) in [5, 5.41) is 13.2. The van der Waals surface area contributed by atoms with Crippen LogP contribution in [-0.2, 0) is 6.54 Å². The number of para-hydroxylation sites is 1. The fourth-order valence-electron chi connectivity index (χ4n) is 2.61. The van der Waals surface area contributed by atoms with Gasteiger partial charge >= 0.3 is 0 Å². The Hall–Kier alpha value is -2.55. The molecule has 0 radical (unpaired) electrons. The molecular weight excluding hydrogens is 250 g/mol. The van der Waals surface area contributed by atoms with Gasteiger partial charge in [0.15, 0.2) is 6.29 Å². The van der Waals surface area contributed by atoms with Crippen LogP contribution in [0.1, 0.15) is 16.1 Å². The predicted molar refractivity (Wildman–Crippen MR) is 77.4 cm³/mol. The van der Waals surface area contributed by atoms with E-state index in [4.69, 9.17) is 0 Å². The van der Waals surface area contributed by atoms with Crippen molar-refractivity contribution in [3.63, 3.8) is 0 Å². The average Bonchev–Trinajstić information content (AvgIpc) is 3.07. The number of carbonyl (C=O) groups excluding carboxylic acids is 1. The van der Waals surface area contributed by atoms with E-state index in [1.165, 1.54) is 0 Å². The molecule has 1 aliphatic rings. The Kier molecular flexibility index (Phi) is 3.03. The summed E-state index contributed by atoms with van der Waals surface area (Å²) >= 11 is 0. The van der Waals surface area contributed by atoms with Gasteiger partial charge in [-0.2, -0.15) is 0 Å². The van der Waals surface area contributed by atoms with E-state index in [0.29, 0.717) is 11.1 Å². The minimum Gasteiger partial charge on any atom is -0.874 e. The topological polar surface area (TPSA) is 45.1 Å². The van der Waals surface area contributed by atoms with E-state index in [2.05, 4.69) is 0 Å². The summed E-state index contributed by atoms with van der Waals surface area (Å²) in [6, 6.07) is 7.67. The van der Waals surface area contributed by atoms with Gasteiger partial charge in [0.1, 0.15) is 0 Å². The Morgan fingerprint density at radius 3 is 2.65 bits per heavy atom. The second-order valence-electron chi connectivity index (χ2n) is 4.82. The van der Waals surface area contributed by atoms with Crippen LogP contribution >= 0.6 is 0 Å². The number of hydrogen-bond donors (Lipinski definition) is 0. The highest BCUT2D eigenvalue weighted by atomic mass is 16.3. The molecule has 100 valence electrons. The first-order chi connectivity index (χ1) is 9.72. The number of carbonyl (C=O) groups is 1. The number of aldehydes is 1. The molecule has 0 saturated heterocycles. The van der Waals surface area contributed by atoms with E-state index in [1.807, 2.05) is 60.1 Å². The van der Waals surface area contributed by atoms with Gasteiger partial charge in [-0.25, -0.2) is 0 Å². The average molecular weight is 264 g/mol. The van der Waals surface area contributed by atoms with Crippen LogP contribution in [0.4, 0.5) is 0 Å². The Morgan fingerprint density at radius 2 is 1.95 bits per heavy atom. The van der Waals surface area contributed by atoms with Crippen molar-refractivity contribution >= 4 is 17.2 Å². The smallest absolute Gasteiger partial charge is 0.152 e. The largest absolute Gasteiger partial charge is 0.874 e. The third-order valence-corrected chi connectivity index (χ3v) is 3.68. The third kappa shape index (κ3) is 1.88. The standard InChI is InChI=1S/C17H15NO2/c1-12-15(11-19)14-8-4-5-9-16(14)18(12)10-17(20)13-6-2-3-7-13/h2-9,11,20H,10H2,1H3/p-1. The molecule has 0 unspecified atom stereocenters. The van der Waals surface area contributed by atoms with Gasteiger partial charge in [0.05, 0.1) is 0 Å². The lowest BCUT2D eigenvalue weighted by molar-refractivity contribution is -0.308. The molecule has 1 aromatic carbocycles. The Labute approximate surface area is 117 Å². The Balaban J connectivity index is 2.15. The molecular formula is C17H14NO2-. The van der Waals surface area contributed by atoms with E-state index >= 15 is 0 Å². The highest BCUT2D eigenvalue weighted by molar-refractivity contribution is 5.99. The zero-order valence-corrected chi connectivity index (χ0v) is 11.2. The fraction of sp³-hybridized carbons (Fsp3) is 0.118. The normalized spacial score (nSPS) is 13.3. The zero-order chi connectivity index (χ0) is 14.1. The van der Waals surface area contributed by atoms with Crippen molar-refractivity contribution in [2.75, 3.05) is 0 Å². The van der Waals surface area contributed by atoms with Crippen LogP contribution in [0.25, 0.3) is 10.9 Å². The van der Waals surface area contributed by atoms with Crippen LogP contribution in [-0.4, -0.2) is 10.9 Å². The van der Waals surface area contributed by atoms with Crippen LogP contribution in [0.3, 0.4) is 0 Å². The number of aromatic nitrogens is 1. The summed E-state index contributed by atoms with van der Waals surface area (Å²) in [5.74, 6) is 0.0521. The molecule has 0 spiro atoms. The first kappa shape index (κ1) is 12.5. The molecule has 20 heavy (non-hydrogen) atoms. The molecule has 1 heterocycles. The quantitative estimate of drug-likeness (QED) is 0.631. The van der Waals surface area contributed by atoms with Gasteiger partial charge in [-0.1, -0.05) is 42.5 Å². The second kappa shape index (κ2) is 4.85. The van der Waals surface area contributed by atoms with E-state index < -0.39 is 0 Å². The molecule has 2 aromatic rings. The van der Waals surface area contributed by atoms with Crippen molar-refractivity contribution in [3.8, 4) is 0 Å². The fourth-order valence-corrected chi connectivity index (χ4v) is 2.61. The molecule has 1 aromatic heterocycles. The highest BCUT2D eigenvalue weighted by Gasteiger charge is 2.12. The van der Waals surface area contributed by atoms with E-state index in [1.54, 1.807) is 0 Å². The van der Waals surface area contributed by atoms with Gasteiger partial charge in [-0.15, -0.1) is 5.76 Å². The summed E-state index contributed by atoms with van der Waals surface area (Å²) in [7, 11) is 0. The van der Waals surface area contributed by atoms with Crippen LogP contribution in [0, 0.1) is 6.92 Å². The van der Waals surface area contributed by atoms with Crippen molar-refractivity contribution in [1.82, 2.24) is 4.57 Å². The van der Waals surface area contributed by atoms with Gasteiger partial charge < -0.3 is 9.67 Å². The Morgan fingerprint density at radius 1 is 1.25 bits per heavy atom. The number of nitrogens with zero attached hydrogens (tertiary/aromatic N) is 1. The minimum absolute atomic E-state index is 0.0521. The summed E-state index contributed by atoms with van der Waals surface area (Å²) < 4.78 is 1.91. The first-order valence-electron chi connectivity index (χ1n) is 6.50. The summed E-state index contributed by atoms with van der Waals surface area (Å²) in [5.41, 5.74) is 3.12. The van der Waals surface area contributed by atoms with E-state index in [0.717, 1.165) is 22.9 Å². The highest BCUT2D eigenvalue weighted by Crippen LogP contribution is 2.25. The van der Waals surface area contributed by atoms with Crippen molar-refractivity contribution < 1.29 is 9.90 Å². The zero-order valence-electron chi connectivity index (χ0n) is 11.2. The lowest BCUT2D eigenvalue weighted by Crippen LogP contribution is -2.14. The SMILES string of the molecule is Cc1c(C=O)c2ccccc2n1CC([O-])=C1C=CC=C1. The van der Waals surface area contributed by atoms with Crippen molar-refractivity contribution in [3.05, 3.63) is 71.2 Å². The maximum absolute atomic E-state index is 12.3. The Bertz CT molecular complexity index is 762. The number of fused-ring (bicyclic) bond motifs is 1. The molecule has 0 aliphatic heterocycles. The molecule has 0 amide bonds. The number of rotatable bonds is 3. The monoisotopic (exact) mass is 264 g/mol. The second-order valence-corrected chi connectivity index (χ2v) is 4.82. The molecule has 3 rings (SSSR count). The van der Waals surface area contributed by atoms with E-state index in [-0.39, 0.29) is 12.3 Å². The minimum atomic E-state index is 0.0521. The molecule has 0 atom stereocenters. The summed E-state index contributed by atoms with van der Waals surface area (Å²) in [4.78, 5) is 11.3. The maximum atomic E-state index is 12.3. The lowest BCUT2D eigenvalue weighted by atomic mass is 10.1. The van der Waals surface area contributed by atoms with Crippen molar-refractivity contribution in [2.24, 2.45) is 0 Å². The van der Waals surface area contributed by atoms with E-state index in [9.17, 15) is 9.90 Å². The van der Waals surface area contributed by atoms with Gasteiger partial charge in [0.25, 0.3) is 0 Å². The van der Waals surface area contributed by atoms with Crippen LogP contribution in [0.15, 0.2) is 59.9 Å². The predicted octanol–water partition coefficient (Wildman–Crippen LogP) is 2.50. The van der Waals surface area contributed by atoms with Crippen molar-refractivity contribution in [1.29, 1.82) is 0 Å². The molecule has 3 nitrogen and oxygen atoms in total. The number of benzene rings is 1. The van der Waals surface area contributed by atoms with Crippen LogP contribution < -0.4 is 5.11 Å². The maximum Gasteiger partial charge on any atom is 0.152 e. The molecule has 0 fully saturated rings. The van der Waals surface area contributed by atoms with Crippen LogP contribution in [0.5, 0.6) is 0 Å². The molecule has 3 heteroatoms. The van der Waals surface area contributed by atoms with Gasteiger partial charge in [-0.3, -0.25) is 4.79 Å². The molecule has 0 saturated carbocycles. The summed E-state index contributed by atoms with van der Waals surface area (Å²) in [6.45, 7) is 2.13. The van der Waals surface area contributed by atoms with Gasteiger partial charge in [-0.05, 0) is 18.6 Å². The molecule has 0 bridgehead atoms. The van der Waals surface area contributed by atoms with Gasteiger partial charge in [0, 0.05) is 28.7 Å². The lowest BCUT2D eigenvalue weighted by Gasteiger charge is -2.17. The number of allylic oxidation sites excluding steroid dienone is 6. The third-order valence-electron chi connectivity index (χ3n) is 3.68. The number of hydrogen-bond acceptors (Lipinski definition) is 2. The van der Waals surface area contributed by atoms with Gasteiger partial charge in [0.2, 0.25) is 0 Å². The molecule has 1 aliphatic carbocycles. The van der Waals surface area contributed by atoms with Crippen LogP contribution in [0.2, 0.25) is 0 Å². The molecule has 0 N–H and O–H groups in total. The summed E-state index contributed by atoms with van der Waals surface area (Å²) in [6.07, 6.45) is 8.19.